The number of anilines is 1. The first-order valence-corrected chi connectivity index (χ1v) is 8.20. The molecule has 0 bridgehead atoms. The minimum absolute atomic E-state index is 0.247. The van der Waals surface area contributed by atoms with E-state index in [1.165, 1.54) is 4.88 Å². The van der Waals surface area contributed by atoms with Gasteiger partial charge in [-0.2, -0.15) is 4.98 Å². The Bertz CT molecular complexity index is 788. The van der Waals surface area contributed by atoms with Crippen molar-refractivity contribution in [3.63, 3.8) is 0 Å². The molecule has 0 aliphatic heterocycles. The first-order valence-electron chi connectivity index (χ1n) is 6.59. The molecule has 0 aliphatic carbocycles. The Morgan fingerprint density at radius 3 is 2.90 bits per heavy atom. The summed E-state index contributed by atoms with van der Waals surface area (Å²) >= 11 is 5.08. The molecule has 3 rings (SSSR count). The lowest BCUT2D eigenvalue weighted by atomic mass is 10.2. The number of rotatable bonds is 4. The Morgan fingerprint density at radius 2 is 2.14 bits per heavy atom. The molecule has 0 aliphatic rings. The van der Waals surface area contributed by atoms with Crippen LogP contribution in [0.2, 0.25) is 0 Å². The number of aromatic nitrogens is 2. The van der Waals surface area contributed by atoms with Gasteiger partial charge in [0, 0.05) is 9.35 Å². The quantitative estimate of drug-likeness (QED) is 0.755. The molecule has 3 aromatic rings. The highest BCUT2D eigenvalue weighted by atomic mass is 79.9. The van der Waals surface area contributed by atoms with E-state index in [4.69, 9.17) is 10.5 Å². The van der Waals surface area contributed by atoms with Crippen molar-refractivity contribution in [1.29, 1.82) is 0 Å². The van der Waals surface area contributed by atoms with Crippen LogP contribution in [0.3, 0.4) is 0 Å². The normalized spacial score (nSPS) is 11.0. The van der Waals surface area contributed by atoms with E-state index >= 15 is 0 Å². The summed E-state index contributed by atoms with van der Waals surface area (Å²) in [6.45, 7) is 2.56. The third-order valence-electron chi connectivity index (χ3n) is 3.04. The van der Waals surface area contributed by atoms with Gasteiger partial charge in [0.1, 0.15) is 11.4 Å². The number of aryl methyl sites for hydroxylation is 1. The summed E-state index contributed by atoms with van der Waals surface area (Å²) in [4.78, 5) is 10.6. The van der Waals surface area contributed by atoms with E-state index in [9.17, 15) is 0 Å². The second kappa shape index (κ2) is 5.99. The van der Waals surface area contributed by atoms with Crippen LogP contribution in [0.4, 0.5) is 5.95 Å². The van der Waals surface area contributed by atoms with E-state index in [0.29, 0.717) is 12.5 Å². The van der Waals surface area contributed by atoms with Gasteiger partial charge in [0.2, 0.25) is 11.8 Å². The maximum absolute atomic E-state index is 5.85. The maximum atomic E-state index is 5.85. The minimum Gasteiger partial charge on any atom is -0.472 e. The lowest BCUT2D eigenvalue weighted by Gasteiger charge is -2.07. The topological polar surface area (TPSA) is 61.0 Å². The SMILES string of the molecule is CCc1cc2c(OCc3cccc(Br)c3)nc(N)nc2s1. The highest BCUT2D eigenvalue weighted by molar-refractivity contribution is 9.10. The molecular weight excluding hydrogens is 350 g/mol. The number of fused-ring (bicyclic) bond motifs is 1. The van der Waals surface area contributed by atoms with Gasteiger partial charge in [-0.05, 0) is 30.2 Å². The summed E-state index contributed by atoms with van der Waals surface area (Å²) in [5.41, 5.74) is 6.84. The molecule has 6 heteroatoms. The largest absolute Gasteiger partial charge is 0.472 e. The number of halogens is 1. The Hall–Kier alpha value is -1.66. The molecule has 0 spiro atoms. The van der Waals surface area contributed by atoms with E-state index in [2.05, 4.69) is 38.9 Å². The number of nitrogen functional groups attached to an aromatic ring is 1. The summed E-state index contributed by atoms with van der Waals surface area (Å²) in [6.07, 6.45) is 0.964. The van der Waals surface area contributed by atoms with Crippen LogP contribution in [-0.2, 0) is 13.0 Å². The zero-order valence-corrected chi connectivity index (χ0v) is 13.9. The zero-order chi connectivity index (χ0) is 14.8. The van der Waals surface area contributed by atoms with Gasteiger partial charge in [0.05, 0.1) is 5.39 Å². The van der Waals surface area contributed by atoms with Gasteiger partial charge in [-0.25, -0.2) is 4.98 Å². The van der Waals surface area contributed by atoms with E-state index in [1.807, 2.05) is 24.3 Å². The Morgan fingerprint density at radius 1 is 1.29 bits per heavy atom. The minimum atomic E-state index is 0.247. The fraction of sp³-hybridized carbons (Fsp3) is 0.200. The van der Waals surface area contributed by atoms with Crippen molar-refractivity contribution in [2.45, 2.75) is 20.0 Å². The molecule has 2 heterocycles. The summed E-state index contributed by atoms with van der Waals surface area (Å²) in [5, 5.41) is 0.932. The fourth-order valence-electron chi connectivity index (χ4n) is 2.02. The van der Waals surface area contributed by atoms with Gasteiger partial charge in [-0.3, -0.25) is 0 Å². The molecule has 0 fully saturated rings. The summed E-state index contributed by atoms with van der Waals surface area (Å²) < 4.78 is 6.88. The standard InChI is InChI=1S/C15H14BrN3OS/c1-2-11-7-12-13(18-15(17)19-14(12)21-11)20-8-9-4-3-5-10(16)6-9/h3-7H,2,8H2,1H3,(H2,17,18,19). The van der Waals surface area contributed by atoms with Gasteiger partial charge in [-0.15, -0.1) is 11.3 Å². The first-order chi connectivity index (χ1) is 10.2. The average Bonchev–Trinajstić information content (AvgIpc) is 2.87. The first kappa shape index (κ1) is 14.3. The number of thiophene rings is 1. The number of ether oxygens (including phenoxy) is 1. The van der Waals surface area contributed by atoms with Crippen molar-refractivity contribution in [1.82, 2.24) is 9.97 Å². The van der Waals surface area contributed by atoms with Gasteiger partial charge in [0.25, 0.3) is 0 Å². The van der Waals surface area contributed by atoms with Crippen LogP contribution in [0.15, 0.2) is 34.8 Å². The molecule has 0 saturated carbocycles. The van der Waals surface area contributed by atoms with E-state index < -0.39 is 0 Å². The molecule has 1 aromatic carbocycles. The van der Waals surface area contributed by atoms with Gasteiger partial charge in [0.15, 0.2) is 0 Å². The fourth-order valence-corrected chi connectivity index (χ4v) is 3.44. The van der Waals surface area contributed by atoms with E-state index in [0.717, 1.165) is 26.7 Å². The average molecular weight is 364 g/mol. The Kier molecular flexibility index (Phi) is 4.07. The van der Waals surface area contributed by atoms with Crippen molar-refractivity contribution in [2.75, 3.05) is 5.73 Å². The van der Waals surface area contributed by atoms with Crippen LogP contribution in [0, 0.1) is 0 Å². The highest BCUT2D eigenvalue weighted by Crippen LogP contribution is 2.31. The van der Waals surface area contributed by atoms with Crippen molar-refractivity contribution in [3.05, 3.63) is 45.2 Å². The second-order valence-electron chi connectivity index (χ2n) is 4.59. The van der Waals surface area contributed by atoms with Crippen molar-refractivity contribution in [2.24, 2.45) is 0 Å². The van der Waals surface area contributed by atoms with Crippen LogP contribution >= 0.6 is 27.3 Å². The number of benzene rings is 1. The van der Waals surface area contributed by atoms with Crippen LogP contribution in [0.1, 0.15) is 17.4 Å². The Balaban J connectivity index is 1.90. The summed E-state index contributed by atoms with van der Waals surface area (Å²) in [5.74, 6) is 0.796. The molecule has 0 saturated heterocycles. The second-order valence-corrected chi connectivity index (χ2v) is 6.62. The van der Waals surface area contributed by atoms with E-state index in [1.54, 1.807) is 11.3 Å². The molecule has 2 aromatic heterocycles. The molecule has 0 unspecified atom stereocenters. The number of hydrogen-bond acceptors (Lipinski definition) is 5. The van der Waals surface area contributed by atoms with Gasteiger partial charge >= 0.3 is 0 Å². The number of nitrogens with two attached hydrogens (primary N) is 1. The van der Waals surface area contributed by atoms with Crippen LogP contribution < -0.4 is 10.5 Å². The van der Waals surface area contributed by atoms with Crippen molar-refractivity contribution in [3.8, 4) is 5.88 Å². The van der Waals surface area contributed by atoms with Crippen LogP contribution in [0.5, 0.6) is 5.88 Å². The Labute approximate surface area is 135 Å². The molecule has 2 N–H and O–H groups in total. The zero-order valence-electron chi connectivity index (χ0n) is 11.5. The lowest BCUT2D eigenvalue weighted by Crippen LogP contribution is -2.01. The monoisotopic (exact) mass is 363 g/mol. The number of nitrogens with zero attached hydrogens (tertiary/aromatic N) is 2. The van der Waals surface area contributed by atoms with Crippen LogP contribution in [0.25, 0.3) is 10.2 Å². The van der Waals surface area contributed by atoms with Gasteiger partial charge in [-0.1, -0.05) is 35.0 Å². The van der Waals surface area contributed by atoms with E-state index in [-0.39, 0.29) is 5.95 Å². The third-order valence-corrected chi connectivity index (χ3v) is 4.71. The molecule has 0 radical (unpaired) electrons. The maximum Gasteiger partial charge on any atom is 0.227 e. The van der Waals surface area contributed by atoms with Gasteiger partial charge < -0.3 is 10.5 Å². The molecule has 21 heavy (non-hydrogen) atoms. The molecular formula is C15H14BrN3OS. The predicted molar refractivity (Wildman–Crippen MR) is 89.7 cm³/mol. The summed E-state index contributed by atoms with van der Waals surface area (Å²) in [6, 6.07) is 10.1. The molecule has 4 nitrogen and oxygen atoms in total. The van der Waals surface area contributed by atoms with Crippen molar-refractivity contribution >= 4 is 43.4 Å². The molecule has 108 valence electrons. The predicted octanol–water partition coefficient (Wildman–Crippen LogP) is 4.18. The van der Waals surface area contributed by atoms with Crippen LogP contribution in [-0.4, -0.2) is 9.97 Å². The van der Waals surface area contributed by atoms with Crippen molar-refractivity contribution < 1.29 is 4.74 Å². The third kappa shape index (κ3) is 3.16. The smallest absolute Gasteiger partial charge is 0.227 e. The highest BCUT2D eigenvalue weighted by Gasteiger charge is 2.11. The molecule has 0 atom stereocenters. The molecule has 0 amide bonds. The lowest BCUT2D eigenvalue weighted by molar-refractivity contribution is 0.298. The number of hydrogen-bond donors (Lipinski definition) is 1. The summed E-state index contributed by atoms with van der Waals surface area (Å²) in [7, 11) is 0.